The van der Waals surface area contributed by atoms with Crippen molar-refractivity contribution in [2.24, 2.45) is 0 Å². The highest BCUT2D eigenvalue weighted by Gasteiger charge is 2.61. The molecular formula is C52H88N2O39. The van der Waals surface area contributed by atoms with Gasteiger partial charge in [-0.3, -0.25) is 9.59 Å². The van der Waals surface area contributed by atoms with E-state index < -0.39 is 297 Å². The molecule has 0 radical (unpaired) electrons. The molecule has 8 aliphatic rings. The number of carbonyl (C=O) groups excluding carboxylic acids is 2. The molecule has 0 bridgehead atoms. The van der Waals surface area contributed by atoms with E-state index in [0.717, 1.165) is 13.8 Å². The molecule has 0 aromatic carbocycles. The third kappa shape index (κ3) is 16.2. The van der Waals surface area contributed by atoms with E-state index in [1.807, 2.05) is 0 Å². The fourth-order valence-electron chi connectivity index (χ4n) is 12.2. The van der Waals surface area contributed by atoms with Crippen LogP contribution in [0.1, 0.15) is 27.7 Å². The number of hydrogen-bond acceptors (Lipinski definition) is 39. The van der Waals surface area contributed by atoms with Gasteiger partial charge in [0.1, 0.15) is 183 Å². The molecule has 3 unspecified atom stereocenters. The molecule has 24 N–H and O–H groups in total. The highest BCUT2D eigenvalue weighted by Crippen LogP contribution is 2.40. The molecule has 8 saturated heterocycles. The van der Waals surface area contributed by atoms with Crippen molar-refractivity contribution >= 4 is 11.8 Å². The van der Waals surface area contributed by atoms with Crippen LogP contribution in [0, 0.1) is 0 Å². The Kier molecular flexibility index (Phi) is 26.7. The minimum Gasteiger partial charge on any atom is -0.394 e. The van der Waals surface area contributed by atoms with Gasteiger partial charge >= 0.3 is 0 Å². The van der Waals surface area contributed by atoms with Crippen LogP contribution in [0.5, 0.6) is 0 Å². The van der Waals surface area contributed by atoms with Gasteiger partial charge in [-0.25, -0.2) is 0 Å². The maximum absolute atomic E-state index is 13.3. The van der Waals surface area contributed by atoms with Crippen LogP contribution in [0.4, 0.5) is 0 Å². The Morgan fingerprint density at radius 1 is 0.280 bits per heavy atom. The Morgan fingerprint density at radius 3 is 0.914 bits per heavy atom. The van der Waals surface area contributed by atoms with E-state index in [9.17, 15) is 122 Å². The predicted molar refractivity (Wildman–Crippen MR) is 285 cm³/mol. The van der Waals surface area contributed by atoms with Gasteiger partial charge in [0.15, 0.2) is 50.3 Å². The van der Waals surface area contributed by atoms with Gasteiger partial charge in [-0.05, 0) is 13.8 Å². The van der Waals surface area contributed by atoms with Crippen LogP contribution in [0.15, 0.2) is 0 Å². The SMILES string of the molecule is CC(=O)N[C@H]1[C@H](O[C@H]2[C@@H](O)[C@@H](CO)O[C@@H](OC3[C@@H](CO)O[C@@H](O[C@H]4[C@@H](O)[C@@H](CO)O[C@@H](O[C@H]5[C@H](O)[C@@H](O)C(O)O[C@@H]5CO)[C@@H]4O)[C@H](NC(C)=O)[C@H]3O[C@@H]3O[C@@H](C)[C@@H](O)[C@@H](O)[C@@H]3O)[C@@H]2O)O[C@H](CO)C(O[C@@H]2O[C@@H](C)[C@@H](O)[C@@H](O)[C@@H]2O)[C@H]1O[C@@H]1O[C@H](CO)[C@H](O)[C@H](O)[C@H]1O. The lowest BCUT2D eigenvalue weighted by Gasteiger charge is -2.52. The largest absolute Gasteiger partial charge is 0.394 e. The third-order valence-electron chi connectivity index (χ3n) is 17.4. The van der Waals surface area contributed by atoms with Gasteiger partial charge in [0.25, 0.3) is 0 Å². The normalized spacial score (nSPS) is 51.6. The molecule has 93 heavy (non-hydrogen) atoms. The maximum atomic E-state index is 13.3. The molecule has 0 spiro atoms. The second-order valence-electron chi connectivity index (χ2n) is 23.8. The van der Waals surface area contributed by atoms with E-state index in [0.29, 0.717) is 0 Å². The standard InChI is InChI=1S/C52H88N2O39/c1-11-23(63)28(68)33(73)48(79-11)88-39-19(9-59)85-47(22(54-14(4)62)42(39)91-50-35(75)30(70)25(65)15(5-55)82-50)93-44-27(67)17(7-57)84-52(37(44)77)89-40-20(10-60)86-46(21(53-13(3)61)41(40)90-49-34(74)29(69)24(64)12(2)80-49)92-43-26(66)16(6-56)83-51(36(43)76)87-38-18(8-58)81-45(78)32(72)31(38)71/h11-12,15-52,55-60,63-78H,5-10H2,1-4H3,(H,53,61)(H,54,62)/t11-,12-,15+,16+,17+,18+,19+,20+,21+,22+,23+,24+,25-,26-,27-,28+,29+,30-,31+,32+,33-,34-,35+,36+,37+,38+,39?,40?,41+,42-,43-,44-,45?,46-,47-,48-,49-,50-,51-,52-/m0/s1. The number of carbonyl (C=O) groups is 2. The summed E-state index contributed by atoms with van der Waals surface area (Å²) in [6.07, 6.45) is -75.3. The van der Waals surface area contributed by atoms with Gasteiger partial charge in [0.2, 0.25) is 11.8 Å². The molecule has 40 atom stereocenters. The second-order valence-corrected chi connectivity index (χ2v) is 23.8. The third-order valence-corrected chi connectivity index (χ3v) is 17.4. The fourth-order valence-corrected chi connectivity index (χ4v) is 12.2. The van der Waals surface area contributed by atoms with Gasteiger partial charge < -0.3 is 194 Å². The molecule has 0 aromatic rings. The Bertz CT molecular complexity index is 2350. The van der Waals surface area contributed by atoms with Crippen molar-refractivity contribution in [2.75, 3.05) is 39.6 Å². The van der Waals surface area contributed by atoms with Crippen molar-refractivity contribution in [3.8, 4) is 0 Å². The van der Waals surface area contributed by atoms with E-state index in [2.05, 4.69) is 10.6 Å². The lowest BCUT2D eigenvalue weighted by atomic mass is 9.93. The molecule has 540 valence electrons. The molecule has 8 fully saturated rings. The zero-order valence-electron chi connectivity index (χ0n) is 50.1. The number of aliphatic hydroxyl groups excluding tert-OH is 22. The highest BCUT2D eigenvalue weighted by atomic mass is 16.8. The van der Waals surface area contributed by atoms with Gasteiger partial charge in [-0.15, -0.1) is 0 Å². The quantitative estimate of drug-likeness (QED) is 0.0479. The van der Waals surface area contributed by atoms with Gasteiger partial charge in [-0.1, -0.05) is 0 Å². The monoisotopic (exact) mass is 1360 g/mol. The summed E-state index contributed by atoms with van der Waals surface area (Å²) in [5, 5.41) is 245. The lowest BCUT2D eigenvalue weighted by Crippen LogP contribution is -2.72. The van der Waals surface area contributed by atoms with E-state index >= 15 is 0 Å². The van der Waals surface area contributed by atoms with Crippen molar-refractivity contribution in [3.05, 3.63) is 0 Å². The summed E-state index contributed by atoms with van der Waals surface area (Å²) in [6, 6.07) is -3.90. The van der Waals surface area contributed by atoms with Crippen LogP contribution < -0.4 is 10.6 Å². The summed E-state index contributed by atoms with van der Waals surface area (Å²) < 4.78 is 88.9. The number of ether oxygens (including phenoxy) is 15. The van der Waals surface area contributed by atoms with E-state index in [-0.39, 0.29) is 0 Å². The van der Waals surface area contributed by atoms with Crippen molar-refractivity contribution < 1.29 is 193 Å². The van der Waals surface area contributed by atoms with E-state index in [4.69, 9.17) is 71.1 Å². The van der Waals surface area contributed by atoms with Crippen LogP contribution in [0.3, 0.4) is 0 Å². The van der Waals surface area contributed by atoms with Gasteiger partial charge in [-0.2, -0.15) is 0 Å². The predicted octanol–water partition coefficient (Wildman–Crippen LogP) is -16.1. The molecule has 8 aliphatic heterocycles. The Labute approximate surface area is 527 Å². The molecule has 0 aliphatic carbocycles. The summed E-state index contributed by atoms with van der Waals surface area (Å²) in [4.78, 5) is 26.6. The highest BCUT2D eigenvalue weighted by molar-refractivity contribution is 5.73. The fraction of sp³-hybridized carbons (Fsp3) is 0.962. The Hall–Kier alpha value is -2.54. The van der Waals surface area contributed by atoms with Crippen molar-refractivity contribution in [3.63, 3.8) is 0 Å². The molecule has 8 heterocycles. The summed E-state index contributed by atoms with van der Waals surface area (Å²) in [6.45, 7) is -2.06. The summed E-state index contributed by atoms with van der Waals surface area (Å²) in [7, 11) is 0. The van der Waals surface area contributed by atoms with Crippen LogP contribution in [0.2, 0.25) is 0 Å². The number of rotatable bonds is 22. The van der Waals surface area contributed by atoms with Crippen LogP contribution in [0.25, 0.3) is 0 Å². The van der Waals surface area contributed by atoms with Crippen molar-refractivity contribution in [1.82, 2.24) is 10.6 Å². The summed E-state index contributed by atoms with van der Waals surface area (Å²) >= 11 is 0. The second kappa shape index (κ2) is 32.6. The van der Waals surface area contributed by atoms with Crippen LogP contribution >= 0.6 is 0 Å². The maximum Gasteiger partial charge on any atom is 0.217 e. The van der Waals surface area contributed by atoms with Crippen LogP contribution in [-0.2, 0) is 80.6 Å². The van der Waals surface area contributed by atoms with E-state index in [1.165, 1.54) is 13.8 Å². The first-order valence-corrected chi connectivity index (χ1v) is 29.9. The van der Waals surface area contributed by atoms with Crippen molar-refractivity contribution in [1.29, 1.82) is 0 Å². The Morgan fingerprint density at radius 2 is 0.559 bits per heavy atom. The molecule has 41 nitrogen and oxygen atoms in total. The lowest BCUT2D eigenvalue weighted by molar-refractivity contribution is -0.400. The number of nitrogens with one attached hydrogen (secondary N) is 2. The first-order valence-electron chi connectivity index (χ1n) is 29.9. The zero-order chi connectivity index (χ0) is 68.5. The first kappa shape index (κ1) is 76.2. The summed E-state index contributed by atoms with van der Waals surface area (Å²) in [5.74, 6) is -1.91. The van der Waals surface area contributed by atoms with Crippen LogP contribution in [-0.4, -0.2) is 409 Å². The summed E-state index contributed by atoms with van der Waals surface area (Å²) in [5.41, 5.74) is 0. The number of amides is 2. The molecule has 2 amide bonds. The molecule has 41 heteroatoms. The van der Waals surface area contributed by atoms with Gasteiger partial charge in [0.05, 0.1) is 51.8 Å². The minimum absolute atomic E-state index is 0.947. The average Bonchev–Trinajstić information content (AvgIpc) is 0.776. The Balaban J connectivity index is 1.14. The number of aliphatic hydroxyl groups is 22. The molecular weight excluding hydrogens is 1280 g/mol. The zero-order valence-corrected chi connectivity index (χ0v) is 50.1. The minimum atomic E-state index is -2.43. The van der Waals surface area contributed by atoms with Gasteiger partial charge in [0, 0.05) is 13.8 Å². The smallest absolute Gasteiger partial charge is 0.217 e. The number of hydrogen-bond donors (Lipinski definition) is 24. The molecule has 0 aromatic heterocycles. The first-order chi connectivity index (χ1) is 43.9. The van der Waals surface area contributed by atoms with E-state index in [1.54, 1.807) is 0 Å². The van der Waals surface area contributed by atoms with Crippen molar-refractivity contribution in [2.45, 2.75) is 273 Å². The topological polar surface area (TPSA) is 642 Å². The molecule has 0 saturated carbocycles. The average molecular weight is 1370 g/mol. The molecule has 8 rings (SSSR count).